The summed E-state index contributed by atoms with van der Waals surface area (Å²) in [6, 6.07) is 5.07. The van der Waals surface area contributed by atoms with Crippen molar-refractivity contribution in [3.8, 4) is 11.1 Å². The number of halogens is 1. The highest BCUT2D eigenvalue weighted by Gasteiger charge is 2.27. The van der Waals surface area contributed by atoms with Crippen molar-refractivity contribution in [2.24, 2.45) is 0 Å². The van der Waals surface area contributed by atoms with Gasteiger partial charge in [-0.1, -0.05) is 26.0 Å². The first-order valence-electron chi connectivity index (χ1n) is 11.2. The molecule has 2 heterocycles. The van der Waals surface area contributed by atoms with E-state index >= 15 is 0 Å². The molecule has 2 atom stereocenters. The molecule has 33 heavy (non-hydrogen) atoms. The maximum atomic E-state index is 14.1. The number of anilines is 1. The number of esters is 1. The van der Waals surface area contributed by atoms with Gasteiger partial charge in [-0.2, -0.15) is 0 Å². The predicted molar refractivity (Wildman–Crippen MR) is 128 cm³/mol. The highest BCUT2D eigenvalue weighted by atomic mass is 19.1. The average Bonchev–Trinajstić information content (AvgIpc) is 2.73. The van der Waals surface area contributed by atoms with Crippen LogP contribution in [0.1, 0.15) is 55.0 Å². The van der Waals surface area contributed by atoms with E-state index in [1.54, 1.807) is 26.2 Å². The van der Waals surface area contributed by atoms with E-state index in [1.807, 2.05) is 31.1 Å². The Morgan fingerprint density at radius 3 is 2.67 bits per heavy atom. The normalized spacial score (nSPS) is 18.8. The maximum absolute atomic E-state index is 14.1. The molecule has 1 aromatic carbocycles. The minimum Gasteiger partial charge on any atom is -0.458 e. The summed E-state index contributed by atoms with van der Waals surface area (Å²) >= 11 is 0. The van der Waals surface area contributed by atoms with Gasteiger partial charge in [-0.05, 0) is 47.7 Å². The standard InChI is InChI=1S/C26H33FN2O4/c1-15(2)25-20(9-8-19-12-18(30)13-23(31)33-19)24(17-7-10-22(27)16(3)11-17)21(14-32-6)26(28-25)29(4)5/h7-11,15,18-19,30H,12-14H2,1-6H3/b9-8+. The quantitative estimate of drug-likeness (QED) is 0.614. The number of carbonyl (C=O) groups is 1. The fraction of sp³-hybridized carbons (Fsp3) is 0.462. The number of nitrogens with zero attached hydrogens (tertiary/aromatic N) is 2. The third-order valence-corrected chi connectivity index (χ3v) is 5.72. The van der Waals surface area contributed by atoms with Gasteiger partial charge in [-0.3, -0.25) is 4.79 Å². The van der Waals surface area contributed by atoms with Crippen molar-refractivity contribution in [2.45, 2.75) is 58.3 Å². The summed E-state index contributed by atoms with van der Waals surface area (Å²) in [5, 5.41) is 9.99. The van der Waals surface area contributed by atoms with Crippen LogP contribution in [0.15, 0.2) is 24.3 Å². The molecule has 0 radical (unpaired) electrons. The van der Waals surface area contributed by atoms with E-state index in [0.717, 1.165) is 33.8 Å². The topological polar surface area (TPSA) is 71.9 Å². The number of cyclic esters (lactones) is 1. The van der Waals surface area contributed by atoms with Crippen molar-refractivity contribution in [1.82, 2.24) is 4.98 Å². The number of hydrogen-bond donors (Lipinski definition) is 1. The molecule has 3 rings (SSSR count). The lowest BCUT2D eigenvalue weighted by atomic mass is 9.89. The zero-order valence-electron chi connectivity index (χ0n) is 20.2. The maximum Gasteiger partial charge on any atom is 0.309 e. The Labute approximate surface area is 195 Å². The molecule has 1 aromatic heterocycles. The predicted octanol–water partition coefficient (Wildman–Crippen LogP) is 4.61. The second kappa shape index (κ2) is 10.4. The van der Waals surface area contributed by atoms with Crippen LogP contribution in [0, 0.1) is 12.7 Å². The summed E-state index contributed by atoms with van der Waals surface area (Å²) in [4.78, 5) is 18.7. The molecule has 6 nitrogen and oxygen atoms in total. The van der Waals surface area contributed by atoms with Crippen molar-refractivity contribution in [3.05, 3.63) is 52.5 Å². The molecule has 1 aliphatic rings. The largest absolute Gasteiger partial charge is 0.458 e. The number of methoxy groups -OCH3 is 1. The number of aryl methyl sites for hydroxylation is 1. The van der Waals surface area contributed by atoms with E-state index < -0.39 is 18.2 Å². The SMILES string of the molecule is COCc1c(N(C)C)nc(C(C)C)c(/C=C/C2CC(O)CC(=O)O2)c1-c1ccc(F)c(C)c1. The summed E-state index contributed by atoms with van der Waals surface area (Å²) in [5.41, 5.74) is 4.93. The van der Waals surface area contributed by atoms with Crippen molar-refractivity contribution < 1.29 is 23.8 Å². The second-order valence-electron chi connectivity index (χ2n) is 9.02. The molecule has 0 aliphatic carbocycles. The summed E-state index contributed by atoms with van der Waals surface area (Å²) < 4.78 is 25.1. The van der Waals surface area contributed by atoms with Gasteiger partial charge in [-0.25, -0.2) is 9.37 Å². The highest BCUT2D eigenvalue weighted by molar-refractivity contribution is 5.83. The first kappa shape index (κ1) is 24.9. The molecule has 178 valence electrons. The van der Waals surface area contributed by atoms with E-state index in [9.17, 15) is 14.3 Å². The Balaban J connectivity index is 2.28. The monoisotopic (exact) mass is 456 g/mol. The lowest BCUT2D eigenvalue weighted by Crippen LogP contribution is -2.31. The van der Waals surface area contributed by atoms with E-state index in [0.29, 0.717) is 18.6 Å². The summed E-state index contributed by atoms with van der Waals surface area (Å²) in [5.74, 6) is 0.204. The molecule has 0 amide bonds. The fourth-order valence-electron chi connectivity index (χ4n) is 4.16. The van der Waals surface area contributed by atoms with Crippen LogP contribution < -0.4 is 4.90 Å². The van der Waals surface area contributed by atoms with Gasteiger partial charge in [0.15, 0.2) is 0 Å². The van der Waals surface area contributed by atoms with Crippen LogP contribution in [0.3, 0.4) is 0 Å². The van der Waals surface area contributed by atoms with Crippen LogP contribution in [-0.2, 0) is 20.9 Å². The van der Waals surface area contributed by atoms with Gasteiger partial charge in [0.2, 0.25) is 0 Å². The van der Waals surface area contributed by atoms with Gasteiger partial charge < -0.3 is 19.5 Å². The van der Waals surface area contributed by atoms with Crippen LogP contribution in [0.2, 0.25) is 0 Å². The van der Waals surface area contributed by atoms with Gasteiger partial charge in [0.25, 0.3) is 0 Å². The van der Waals surface area contributed by atoms with Crippen LogP contribution in [-0.4, -0.2) is 49.5 Å². The van der Waals surface area contributed by atoms with Crippen LogP contribution in [0.4, 0.5) is 10.2 Å². The average molecular weight is 457 g/mol. The van der Waals surface area contributed by atoms with E-state index in [-0.39, 0.29) is 18.2 Å². The number of ether oxygens (including phenoxy) is 2. The minimum absolute atomic E-state index is 0.0127. The Hall–Kier alpha value is -2.77. The smallest absolute Gasteiger partial charge is 0.309 e. The van der Waals surface area contributed by atoms with Crippen LogP contribution >= 0.6 is 0 Å². The fourth-order valence-corrected chi connectivity index (χ4v) is 4.16. The van der Waals surface area contributed by atoms with Gasteiger partial charge in [-0.15, -0.1) is 0 Å². The Morgan fingerprint density at radius 2 is 2.09 bits per heavy atom. The number of pyridine rings is 1. The zero-order valence-corrected chi connectivity index (χ0v) is 20.2. The molecule has 1 saturated heterocycles. The second-order valence-corrected chi connectivity index (χ2v) is 9.02. The number of carbonyl (C=O) groups excluding carboxylic acids is 1. The van der Waals surface area contributed by atoms with Crippen molar-refractivity contribution in [1.29, 1.82) is 0 Å². The van der Waals surface area contributed by atoms with E-state index in [1.165, 1.54) is 6.07 Å². The molecule has 0 saturated carbocycles. The lowest BCUT2D eigenvalue weighted by Gasteiger charge is -2.26. The minimum atomic E-state index is -0.719. The number of benzene rings is 1. The van der Waals surface area contributed by atoms with Crippen molar-refractivity contribution in [2.75, 3.05) is 26.1 Å². The third kappa shape index (κ3) is 5.60. The van der Waals surface area contributed by atoms with E-state index in [4.69, 9.17) is 14.5 Å². The summed E-state index contributed by atoms with van der Waals surface area (Å²) in [6.45, 7) is 6.20. The van der Waals surface area contributed by atoms with Crippen molar-refractivity contribution in [3.63, 3.8) is 0 Å². The van der Waals surface area contributed by atoms with Gasteiger partial charge in [0, 0.05) is 38.8 Å². The van der Waals surface area contributed by atoms with Gasteiger partial charge in [0.1, 0.15) is 17.7 Å². The van der Waals surface area contributed by atoms with E-state index in [2.05, 4.69) is 13.8 Å². The number of aromatic nitrogens is 1. The summed E-state index contributed by atoms with van der Waals surface area (Å²) in [7, 11) is 5.50. The van der Waals surface area contributed by atoms with Crippen LogP contribution in [0.5, 0.6) is 0 Å². The molecular formula is C26H33FN2O4. The Morgan fingerprint density at radius 1 is 1.36 bits per heavy atom. The molecule has 0 bridgehead atoms. The molecular weight excluding hydrogens is 423 g/mol. The third-order valence-electron chi connectivity index (χ3n) is 5.72. The number of aliphatic hydroxyl groups excluding tert-OH is 1. The molecule has 2 unspecified atom stereocenters. The zero-order chi connectivity index (χ0) is 24.3. The molecule has 1 aliphatic heterocycles. The molecule has 7 heteroatoms. The van der Waals surface area contributed by atoms with Crippen LogP contribution in [0.25, 0.3) is 17.2 Å². The van der Waals surface area contributed by atoms with Gasteiger partial charge in [0.05, 0.1) is 24.8 Å². The first-order chi connectivity index (χ1) is 15.6. The highest BCUT2D eigenvalue weighted by Crippen LogP contribution is 2.39. The Bertz CT molecular complexity index is 1050. The molecule has 1 N–H and O–H groups in total. The molecule has 0 spiro atoms. The molecule has 1 fully saturated rings. The van der Waals surface area contributed by atoms with Crippen molar-refractivity contribution >= 4 is 17.9 Å². The molecule has 2 aromatic rings. The Kier molecular flexibility index (Phi) is 7.87. The summed E-state index contributed by atoms with van der Waals surface area (Å²) in [6.07, 6.45) is 2.82. The number of aliphatic hydroxyl groups is 1. The number of hydrogen-bond acceptors (Lipinski definition) is 6. The number of rotatable bonds is 7. The first-order valence-corrected chi connectivity index (χ1v) is 11.2. The van der Waals surface area contributed by atoms with Gasteiger partial charge >= 0.3 is 5.97 Å². The lowest BCUT2D eigenvalue weighted by molar-refractivity contribution is -0.156.